The summed E-state index contributed by atoms with van der Waals surface area (Å²) in [6.45, 7) is 2.33. The topological polar surface area (TPSA) is 74.2 Å². The minimum absolute atomic E-state index is 0.146. The average molecular weight is 377 g/mol. The first-order valence-corrected chi connectivity index (χ1v) is 9.87. The third kappa shape index (κ3) is 5.26. The Kier molecular flexibility index (Phi) is 6.54. The van der Waals surface area contributed by atoms with E-state index in [9.17, 15) is 10.1 Å². The van der Waals surface area contributed by atoms with Gasteiger partial charge in [0.2, 0.25) is 5.91 Å². The Morgan fingerprint density at radius 3 is 2.43 bits per heavy atom. The van der Waals surface area contributed by atoms with Crippen LogP contribution in [0.5, 0.6) is 5.75 Å². The summed E-state index contributed by atoms with van der Waals surface area (Å²) < 4.78 is 5.78. The second-order valence-corrected chi connectivity index (χ2v) is 7.41. The molecule has 3 rings (SSSR count). The van der Waals surface area contributed by atoms with Crippen molar-refractivity contribution >= 4 is 11.6 Å². The Balaban J connectivity index is 1.51. The molecule has 28 heavy (non-hydrogen) atoms. The molecule has 1 amide bonds. The largest absolute Gasteiger partial charge is 0.489 e. The molecule has 1 aliphatic rings. The highest BCUT2D eigenvalue weighted by atomic mass is 16.5. The van der Waals surface area contributed by atoms with Crippen LogP contribution in [0, 0.1) is 11.3 Å². The molecular weight excluding hydrogens is 350 g/mol. The quantitative estimate of drug-likeness (QED) is 0.750. The molecule has 0 aromatic heterocycles. The zero-order valence-corrected chi connectivity index (χ0v) is 16.3. The lowest BCUT2D eigenvalue weighted by atomic mass is 9.82. The van der Waals surface area contributed by atoms with Crippen molar-refractivity contribution in [2.75, 3.05) is 5.32 Å². The highest BCUT2D eigenvalue weighted by molar-refractivity contribution is 5.85. The van der Waals surface area contributed by atoms with Gasteiger partial charge in [0.1, 0.15) is 23.9 Å². The van der Waals surface area contributed by atoms with Crippen LogP contribution in [0.1, 0.15) is 44.6 Å². The summed E-state index contributed by atoms with van der Waals surface area (Å²) in [6.07, 6.45) is 4.57. The van der Waals surface area contributed by atoms with Gasteiger partial charge < -0.3 is 15.4 Å². The normalized spacial score (nSPS) is 16.4. The van der Waals surface area contributed by atoms with Crippen LogP contribution in [0.4, 0.5) is 5.69 Å². The molecule has 2 N–H and O–H groups in total. The maximum atomic E-state index is 12.6. The summed E-state index contributed by atoms with van der Waals surface area (Å²) in [5.74, 6) is 0.630. The van der Waals surface area contributed by atoms with Crippen LogP contribution >= 0.6 is 0 Å². The highest BCUT2D eigenvalue weighted by Gasteiger charge is 2.34. The summed E-state index contributed by atoms with van der Waals surface area (Å²) in [6, 6.07) is 19.5. The molecule has 146 valence electrons. The Bertz CT molecular complexity index is 806. The number of rotatable bonds is 7. The van der Waals surface area contributed by atoms with Gasteiger partial charge in [0, 0.05) is 5.69 Å². The van der Waals surface area contributed by atoms with Crippen LogP contribution in [0.3, 0.4) is 0 Å². The van der Waals surface area contributed by atoms with Gasteiger partial charge >= 0.3 is 0 Å². The predicted molar refractivity (Wildman–Crippen MR) is 110 cm³/mol. The third-order valence-corrected chi connectivity index (χ3v) is 5.16. The van der Waals surface area contributed by atoms with Gasteiger partial charge in [0.05, 0.1) is 6.07 Å². The van der Waals surface area contributed by atoms with Gasteiger partial charge in [-0.1, -0.05) is 49.6 Å². The van der Waals surface area contributed by atoms with E-state index in [1.54, 1.807) is 0 Å². The van der Waals surface area contributed by atoms with Gasteiger partial charge in [-0.15, -0.1) is 0 Å². The van der Waals surface area contributed by atoms with Crippen molar-refractivity contribution < 1.29 is 9.53 Å². The number of carbonyl (C=O) groups excluding carboxylic acids is 1. The second kappa shape index (κ2) is 9.27. The van der Waals surface area contributed by atoms with E-state index in [1.165, 1.54) is 0 Å². The number of benzene rings is 2. The number of nitriles is 1. The molecular formula is C23H27N3O2. The first kappa shape index (κ1) is 19.8. The predicted octanol–water partition coefficient (Wildman–Crippen LogP) is 4.41. The highest BCUT2D eigenvalue weighted by Crippen LogP contribution is 2.27. The molecule has 2 aromatic carbocycles. The van der Waals surface area contributed by atoms with E-state index in [4.69, 9.17) is 4.74 Å². The van der Waals surface area contributed by atoms with E-state index >= 15 is 0 Å². The van der Waals surface area contributed by atoms with Crippen molar-refractivity contribution in [2.45, 2.75) is 57.2 Å². The molecule has 1 saturated carbocycles. The molecule has 0 spiro atoms. The summed E-state index contributed by atoms with van der Waals surface area (Å²) in [4.78, 5) is 12.6. The van der Waals surface area contributed by atoms with Gasteiger partial charge in [-0.25, -0.2) is 0 Å². The Hall–Kier alpha value is -3.00. The van der Waals surface area contributed by atoms with Crippen molar-refractivity contribution in [3.8, 4) is 11.8 Å². The van der Waals surface area contributed by atoms with Gasteiger partial charge in [0.15, 0.2) is 0 Å². The molecule has 0 heterocycles. The standard InChI is InChI=1S/C23H27N3O2/c1-18(22(27)26-23(17-24)14-6-3-7-15-23)25-20-10-12-21(13-11-20)28-16-19-8-4-2-5-9-19/h2,4-5,8-13,18,25H,3,6-7,14-16H2,1H3,(H,26,27)/t18-/m0/s1. The molecule has 1 aliphatic carbocycles. The van der Waals surface area contributed by atoms with Crippen LogP contribution in [0.2, 0.25) is 0 Å². The fourth-order valence-corrected chi connectivity index (χ4v) is 3.47. The Morgan fingerprint density at radius 1 is 1.11 bits per heavy atom. The first-order chi connectivity index (χ1) is 13.6. The molecule has 1 fully saturated rings. The lowest BCUT2D eigenvalue weighted by Gasteiger charge is -2.32. The number of hydrogen-bond donors (Lipinski definition) is 2. The summed E-state index contributed by atoms with van der Waals surface area (Å²) >= 11 is 0. The smallest absolute Gasteiger partial charge is 0.243 e. The minimum atomic E-state index is -0.708. The monoisotopic (exact) mass is 377 g/mol. The fraction of sp³-hybridized carbons (Fsp3) is 0.391. The Morgan fingerprint density at radius 2 is 1.79 bits per heavy atom. The maximum Gasteiger partial charge on any atom is 0.243 e. The van der Waals surface area contributed by atoms with Crippen LogP contribution in [0.15, 0.2) is 54.6 Å². The summed E-state index contributed by atoms with van der Waals surface area (Å²) in [7, 11) is 0. The van der Waals surface area contributed by atoms with E-state index in [1.807, 2.05) is 61.5 Å². The molecule has 5 heteroatoms. The summed E-state index contributed by atoms with van der Waals surface area (Å²) in [5, 5.41) is 15.7. The third-order valence-electron chi connectivity index (χ3n) is 5.16. The van der Waals surface area contributed by atoms with Gasteiger partial charge in [0.25, 0.3) is 0 Å². The van der Waals surface area contributed by atoms with E-state index in [-0.39, 0.29) is 5.91 Å². The van der Waals surface area contributed by atoms with E-state index in [0.717, 1.165) is 49.1 Å². The number of anilines is 1. The van der Waals surface area contributed by atoms with E-state index in [0.29, 0.717) is 6.61 Å². The number of amides is 1. The van der Waals surface area contributed by atoms with Crippen molar-refractivity contribution in [3.05, 3.63) is 60.2 Å². The van der Waals surface area contributed by atoms with Gasteiger partial charge in [-0.3, -0.25) is 4.79 Å². The minimum Gasteiger partial charge on any atom is -0.489 e. The molecule has 5 nitrogen and oxygen atoms in total. The lowest BCUT2D eigenvalue weighted by molar-refractivity contribution is -0.123. The van der Waals surface area contributed by atoms with Gasteiger partial charge in [-0.05, 0) is 49.6 Å². The van der Waals surface area contributed by atoms with Crippen LogP contribution in [-0.4, -0.2) is 17.5 Å². The number of nitrogens with zero attached hydrogens (tertiary/aromatic N) is 1. The zero-order chi connectivity index (χ0) is 19.8. The second-order valence-electron chi connectivity index (χ2n) is 7.41. The van der Waals surface area contributed by atoms with Crippen LogP contribution < -0.4 is 15.4 Å². The number of nitrogens with one attached hydrogen (secondary N) is 2. The lowest BCUT2D eigenvalue weighted by Crippen LogP contribution is -2.52. The SMILES string of the molecule is C[C@H](Nc1ccc(OCc2ccccc2)cc1)C(=O)NC1(C#N)CCCCC1. The molecule has 0 bridgehead atoms. The van der Waals surface area contributed by atoms with Crippen molar-refractivity contribution in [1.82, 2.24) is 5.32 Å². The van der Waals surface area contributed by atoms with Crippen molar-refractivity contribution in [2.24, 2.45) is 0 Å². The molecule has 0 saturated heterocycles. The van der Waals surface area contributed by atoms with Crippen molar-refractivity contribution in [3.63, 3.8) is 0 Å². The number of hydrogen-bond acceptors (Lipinski definition) is 4. The molecule has 0 radical (unpaired) electrons. The van der Waals surface area contributed by atoms with E-state index in [2.05, 4.69) is 16.7 Å². The number of carbonyl (C=O) groups is 1. The molecule has 1 atom stereocenters. The molecule has 0 aliphatic heterocycles. The first-order valence-electron chi connectivity index (χ1n) is 9.87. The van der Waals surface area contributed by atoms with Crippen molar-refractivity contribution in [1.29, 1.82) is 5.26 Å². The van der Waals surface area contributed by atoms with E-state index < -0.39 is 11.6 Å². The fourth-order valence-electron chi connectivity index (χ4n) is 3.47. The average Bonchev–Trinajstić information content (AvgIpc) is 2.74. The molecule has 2 aromatic rings. The van der Waals surface area contributed by atoms with Crippen LogP contribution in [0.25, 0.3) is 0 Å². The van der Waals surface area contributed by atoms with Gasteiger partial charge in [-0.2, -0.15) is 5.26 Å². The summed E-state index contributed by atoms with van der Waals surface area (Å²) in [5.41, 5.74) is 1.24. The molecule has 0 unspecified atom stereocenters. The number of ether oxygens (including phenoxy) is 1. The maximum absolute atomic E-state index is 12.6. The zero-order valence-electron chi connectivity index (χ0n) is 16.3. The Labute approximate surface area is 166 Å². The van der Waals surface area contributed by atoms with Crippen LogP contribution in [-0.2, 0) is 11.4 Å².